The standard InChI is InChI=1S/C14H19NO/c1-4-15-13(16)14(3)8-11-6-5-10(2)7-12(11)9-14/h5-7H,4,8-9H2,1-3H3,(H,15,16). The maximum Gasteiger partial charge on any atom is 0.226 e. The highest BCUT2D eigenvalue weighted by Crippen LogP contribution is 2.37. The van der Waals surface area contributed by atoms with E-state index in [1.807, 2.05) is 6.92 Å². The monoisotopic (exact) mass is 217 g/mol. The van der Waals surface area contributed by atoms with Crippen molar-refractivity contribution in [2.75, 3.05) is 6.54 Å². The van der Waals surface area contributed by atoms with Crippen molar-refractivity contribution in [3.63, 3.8) is 0 Å². The fourth-order valence-corrected chi connectivity index (χ4v) is 2.53. The Kier molecular flexibility index (Phi) is 2.75. The van der Waals surface area contributed by atoms with E-state index in [1.54, 1.807) is 0 Å². The highest BCUT2D eigenvalue weighted by atomic mass is 16.2. The number of fused-ring (bicyclic) bond motifs is 1. The number of amides is 1. The first-order valence-corrected chi connectivity index (χ1v) is 5.92. The Morgan fingerprint density at radius 1 is 1.38 bits per heavy atom. The molecule has 1 atom stereocenters. The summed E-state index contributed by atoms with van der Waals surface area (Å²) in [6.45, 7) is 6.84. The van der Waals surface area contributed by atoms with Gasteiger partial charge in [0.25, 0.3) is 0 Å². The lowest BCUT2D eigenvalue weighted by Gasteiger charge is -2.21. The van der Waals surface area contributed by atoms with Gasteiger partial charge in [-0.1, -0.05) is 30.7 Å². The lowest BCUT2D eigenvalue weighted by Crippen LogP contribution is -2.39. The Morgan fingerprint density at radius 2 is 2.06 bits per heavy atom. The smallest absolute Gasteiger partial charge is 0.226 e. The second-order valence-electron chi connectivity index (χ2n) is 5.05. The first kappa shape index (κ1) is 11.2. The van der Waals surface area contributed by atoms with Crippen LogP contribution in [0.4, 0.5) is 0 Å². The van der Waals surface area contributed by atoms with Crippen LogP contribution in [0.3, 0.4) is 0 Å². The fourth-order valence-electron chi connectivity index (χ4n) is 2.53. The van der Waals surface area contributed by atoms with E-state index in [4.69, 9.17) is 0 Å². The van der Waals surface area contributed by atoms with Crippen LogP contribution in [0.1, 0.15) is 30.5 Å². The van der Waals surface area contributed by atoms with Gasteiger partial charge in [0.1, 0.15) is 0 Å². The third-order valence-electron chi connectivity index (χ3n) is 3.41. The molecule has 0 fully saturated rings. The molecule has 16 heavy (non-hydrogen) atoms. The van der Waals surface area contributed by atoms with Crippen molar-refractivity contribution in [2.45, 2.75) is 33.6 Å². The minimum Gasteiger partial charge on any atom is -0.356 e. The van der Waals surface area contributed by atoms with E-state index >= 15 is 0 Å². The van der Waals surface area contributed by atoms with E-state index < -0.39 is 0 Å². The highest BCUT2D eigenvalue weighted by Gasteiger charge is 2.38. The molecular weight excluding hydrogens is 198 g/mol. The van der Waals surface area contributed by atoms with E-state index in [0.717, 1.165) is 12.8 Å². The Morgan fingerprint density at radius 3 is 2.75 bits per heavy atom. The number of nitrogens with one attached hydrogen (secondary N) is 1. The summed E-state index contributed by atoms with van der Waals surface area (Å²) in [4.78, 5) is 12.0. The summed E-state index contributed by atoms with van der Waals surface area (Å²) in [5.41, 5.74) is 3.71. The van der Waals surface area contributed by atoms with E-state index in [1.165, 1.54) is 16.7 Å². The number of carbonyl (C=O) groups excluding carboxylic acids is 1. The van der Waals surface area contributed by atoms with Crippen molar-refractivity contribution in [1.82, 2.24) is 5.32 Å². The Hall–Kier alpha value is -1.31. The minimum atomic E-state index is -0.244. The van der Waals surface area contributed by atoms with Gasteiger partial charge in [0.15, 0.2) is 0 Å². The summed E-state index contributed by atoms with van der Waals surface area (Å²) in [7, 11) is 0. The van der Waals surface area contributed by atoms with Crippen molar-refractivity contribution in [2.24, 2.45) is 5.41 Å². The molecule has 86 valence electrons. The third kappa shape index (κ3) is 1.84. The van der Waals surface area contributed by atoms with Crippen LogP contribution in [0, 0.1) is 12.3 Å². The molecule has 0 saturated carbocycles. The normalized spacial score (nSPS) is 22.9. The fraction of sp³-hybridized carbons (Fsp3) is 0.500. The largest absolute Gasteiger partial charge is 0.356 e. The molecule has 1 aliphatic carbocycles. The van der Waals surface area contributed by atoms with Crippen molar-refractivity contribution >= 4 is 5.91 Å². The number of benzene rings is 1. The van der Waals surface area contributed by atoms with Gasteiger partial charge >= 0.3 is 0 Å². The van der Waals surface area contributed by atoms with E-state index in [9.17, 15) is 4.79 Å². The molecule has 0 aromatic heterocycles. The Bertz CT molecular complexity index is 425. The number of rotatable bonds is 2. The number of carbonyl (C=O) groups is 1. The topological polar surface area (TPSA) is 29.1 Å². The molecule has 1 N–H and O–H groups in total. The average Bonchev–Trinajstić information content (AvgIpc) is 2.55. The molecule has 1 aromatic carbocycles. The number of hydrogen-bond donors (Lipinski definition) is 1. The Labute approximate surface area is 97.1 Å². The predicted molar refractivity (Wildman–Crippen MR) is 65.4 cm³/mol. The SMILES string of the molecule is CCNC(=O)C1(C)Cc2ccc(C)cc2C1. The zero-order valence-electron chi connectivity index (χ0n) is 10.3. The van der Waals surface area contributed by atoms with Crippen molar-refractivity contribution in [1.29, 1.82) is 0 Å². The third-order valence-corrected chi connectivity index (χ3v) is 3.41. The van der Waals surface area contributed by atoms with E-state index in [-0.39, 0.29) is 11.3 Å². The van der Waals surface area contributed by atoms with Gasteiger partial charge in [-0.15, -0.1) is 0 Å². The molecule has 1 aliphatic rings. The number of aryl methyl sites for hydroxylation is 1. The van der Waals surface area contributed by atoms with Crippen LogP contribution in [0.25, 0.3) is 0 Å². The molecule has 2 rings (SSSR count). The van der Waals surface area contributed by atoms with Crippen molar-refractivity contribution in [3.8, 4) is 0 Å². The maximum atomic E-state index is 12.0. The maximum absolute atomic E-state index is 12.0. The molecule has 0 saturated heterocycles. The zero-order valence-corrected chi connectivity index (χ0v) is 10.3. The lowest BCUT2D eigenvalue weighted by atomic mass is 9.86. The molecular formula is C14H19NO. The van der Waals surface area contributed by atoms with Gasteiger partial charge < -0.3 is 5.32 Å². The lowest BCUT2D eigenvalue weighted by molar-refractivity contribution is -0.129. The van der Waals surface area contributed by atoms with Gasteiger partial charge in [-0.05, 0) is 37.8 Å². The molecule has 1 unspecified atom stereocenters. The molecule has 0 spiro atoms. The van der Waals surface area contributed by atoms with Crippen LogP contribution in [0.2, 0.25) is 0 Å². The molecule has 1 amide bonds. The van der Waals surface area contributed by atoms with Crippen LogP contribution >= 0.6 is 0 Å². The van der Waals surface area contributed by atoms with Gasteiger partial charge in [-0.3, -0.25) is 4.79 Å². The molecule has 1 aromatic rings. The van der Waals surface area contributed by atoms with Crippen LogP contribution in [-0.4, -0.2) is 12.5 Å². The second-order valence-corrected chi connectivity index (χ2v) is 5.05. The minimum absolute atomic E-state index is 0.184. The quantitative estimate of drug-likeness (QED) is 0.808. The molecule has 0 aliphatic heterocycles. The van der Waals surface area contributed by atoms with Crippen LogP contribution < -0.4 is 5.32 Å². The summed E-state index contributed by atoms with van der Waals surface area (Å²) in [6, 6.07) is 6.50. The summed E-state index contributed by atoms with van der Waals surface area (Å²) in [5.74, 6) is 0.184. The van der Waals surface area contributed by atoms with Crippen LogP contribution in [-0.2, 0) is 17.6 Å². The van der Waals surface area contributed by atoms with E-state index in [0.29, 0.717) is 6.54 Å². The number of hydrogen-bond acceptors (Lipinski definition) is 1. The van der Waals surface area contributed by atoms with Gasteiger partial charge in [0.2, 0.25) is 5.91 Å². The predicted octanol–water partition coefficient (Wildman–Crippen LogP) is 2.24. The van der Waals surface area contributed by atoms with Gasteiger partial charge in [-0.2, -0.15) is 0 Å². The van der Waals surface area contributed by atoms with Crippen LogP contribution in [0.15, 0.2) is 18.2 Å². The summed E-state index contributed by atoms with van der Waals surface area (Å²) >= 11 is 0. The second kappa shape index (κ2) is 3.93. The molecule has 2 nitrogen and oxygen atoms in total. The summed E-state index contributed by atoms with van der Waals surface area (Å²) in [5, 5.41) is 2.94. The molecule has 0 radical (unpaired) electrons. The first-order chi connectivity index (χ1) is 7.55. The highest BCUT2D eigenvalue weighted by molar-refractivity contribution is 5.84. The summed E-state index contributed by atoms with van der Waals surface area (Å²) < 4.78 is 0. The van der Waals surface area contributed by atoms with Gasteiger partial charge in [-0.25, -0.2) is 0 Å². The average molecular weight is 217 g/mol. The van der Waals surface area contributed by atoms with E-state index in [2.05, 4.69) is 37.4 Å². The molecule has 0 heterocycles. The van der Waals surface area contributed by atoms with Crippen molar-refractivity contribution < 1.29 is 4.79 Å². The molecule has 2 heteroatoms. The van der Waals surface area contributed by atoms with Gasteiger partial charge in [0, 0.05) is 6.54 Å². The first-order valence-electron chi connectivity index (χ1n) is 5.92. The van der Waals surface area contributed by atoms with Crippen LogP contribution in [0.5, 0.6) is 0 Å². The zero-order chi connectivity index (χ0) is 11.8. The van der Waals surface area contributed by atoms with Crippen molar-refractivity contribution in [3.05, 3.63) is 34.9 Å². The summed E-state index contributed by atoms with van der Waals surface area (Å²) in [6.07, 6.45) is 1.74. The van der Waals surface area contributed by atoms with Gasteiger partial charge in [0.05, 0.1) is 5.41 Å². The Balaban J connectivity index is 2.24. The molecule has 0 bridgehead atoms.